The van der Waals surface area contributed by atoms with Gasteiger partial charge in [-0.25, -0.2) is 4.79 Å². The monoisotopic (exact) mass is 259 g/mol. The minimum absolute atomic E-state index is 0.00162. The largest absolute Gasteiger partial charge is 0.480 e. The first-order chi connectivity index (χ1) is 8.17. The Morgan fingerprint density at radius 3 is 2.39 bits per heavy atom. The van der Waals surface area contributed by atoms with Gasteiger partial charge in [0.1, 0.15) is 12.2 Å². The summed E-state index contributed by atoms with van der Waals surface area (Å²) in [5.74, 6) is -1.00. The van der Waals surface area contributed by atoms with Crippen LogP contribution >= 0.6 is 0 Å². The number of likely N-dealkylation sites (tertiary alicyclic amines) is 1. The molecule has 0 radical (unpaired) electrons. The zero-order valence-corrected chi connectivity index (χ0v) is 11.4. The fourth-order valence-electron chi connectivity index (χ4n) is 1.81. The van der Waals surface area contributed by atoms with Crippen molar-refractivity contribution in [3.63, 3.8) is 0 Å². The van der Waals surface area contributed by atoms with Crippen molar-refractivity contribution in [1.29, 1.82) is 0 Å². The fourth-order valence-corrected chi connectivity index (χ4v) is 1.81. The van der Waals surface area contributed by atoms with Crippen LogP contribution in [0.2, 0.25) is 0 Å². The van der Waals surface area contributed by atoms with Gasteiger partial charge in [0.25, 0.3) is 0 Å². The van der Waals surface area contributed by atoms with E-state index in [2.05, 4.69) is 0 Å². The summed E-state index contributed by atoms with van der Waals surface area (Å²) in [6.07, 6.45) is 0.304. The van der Waals surface area contributed by atoms with E-state index in [-0.39, 0.29) is 12.5 Å². The molecule has 104 valence electrons. The lowest BCUT2D eigenvalue weighted by Crippen LogP contribution is -2.64. The van der Waals surface area contributed by atoms with E-state index in [0.717, 1.165) is 0 Å². The van der Waals surface area contributed by atoms with Gasteiger partial charge in [0, 0.05) is 7.11 Å². The minimum Gasteiger partial charge on any atom is -0.480 e. The molecule has 0 bridgehead atoms. The van der Waals surface area contributed by atoms with E-state index in [0.29, 0.717) is 19.5 Å². The van der Waals surface area contributed by atoms with Gasteiger partial charge in [-0.1, -0.05) is 0 Å². The van der Waals surface area contributed by atoms with Crippen LogP contribution in [-0.4, -0.2) is 59.9 Å². The lowest BCUT2D eigenvalue weighted by atomic mass is 9.94. The normalized spacial score (nSPS) is 18.3. The summed E-state index contributed by atoms with van der Waals surface area (Å²) < 4.78 is 10.4. The lowest BCUT2D eigenvalue weighted by Gasteiger charge is -2.47. The zero-order chi connectivity index (χ0) is 14.0. The number of carbonyl (C=O) groups is 2. The zero-order valence-electron chi connectivity index (χ0n) is 11.4. The molecule has 0 atom stereocenters. The van der Waals surface area contributed by atoms with Gasteiger partial charge in [-0.05, 0) is 20.8 Å². The van der Waals surface area contributed by atoms with Gasteiger partial charge in [0.15, 0.2) is 0 Å². The molecule has 0 spiro atoms. The number of hydrogen-bond acceptors (Lipinski definition) is 4. The summed E-state index contributed by atoms with van der Waals surface area (Å²) in [7, 11) is 1.57. The van der Waals surface area contributed by atoms with Crippen LogP contribution in [0.1, 0.15) is 27.2 Å². The molecular weight excluding hydrogens is 238 g/mol. The molecule has 6 nitrogen and oxygen atoms in total. The van der Waals surface area contributed by atoms with Crippen LogP contribution in [0, 0.1) is 0 Å². The number of nitrogens with zero attached hydrogens (tertiary/aromatic N) is 1. The number of aliphatic carboxylic acids is 1. The molecule has 0 aliphatic carbocycles. The highest BCUT2D eigenvalue weighted by atomic mass is 16.5. The molecule has 0 unspecified atom stereocenters. The van der Waals surface area contributed by atoms with E-state index in [4.69, 9.17) is 14.6 Å². The summed E-state index contributed by atoms with van der Waals surface area (Å²) in [6, 6.07) is 0. The highest BCUT2D eigenvalue weighted by Crippen LogP contribution is 2.27. The molecule has 0 aromatic carbocycles. The molecule has 18 heavy (non-hydrogen) atoms. The van der Waals surface area contributed by atoms with Crippen molar-refractivity contribution in [2.24, 2.45) is 0 Å². The number of methoxy groups -OCH3 is 1. The number of amides is 1. The molecule has 1 aliphatic rings. The molecule has 1 fully saturated rings. The van der Waals surface area contributed by atoms with Gasteiger partial charge in [-0.15, -0.1) is 0 Å². The highest BCUT2D eigenvalue weighted by molar-refractivity contribution is 5.78. The Morgan fingerprint density at radius 2 is 1.94 bits per heavy atom. The van der Waals surface area contributed by atoms with Crippen LogP contribution in [0.4, 0.5) is 0 Å². The molecule has 0 aromatic rings. The van der Waals surface area contributed by atoms with Crippen LogP contribution in [0.3, 0.4) is 0 Å². The number of rotatable bonds is 6. The van der Waals surface area contributed by atoms with E-state index in [1.54, 1.807) is 18.9 Å². The molecule has 1 N–H and O–H groups in total. The summed E-state index contributed by atoms with van der Waals surface area (Å²) in [4.78, 5) is 24.0. The van der Waals surface area contributed by atoms with Crippen molar-refractivity contribution in [3.8, 4) is 0 Å². The maximum absolute atomic E-state index is 11.9. The molecule has 1 rings (SSSR count). The van der Waals surface area contributed by atoms with Crippen molar-refractivity contribution in [1.82, 2.24) is 4.90 Å². The minimum atomic E-state index is -0.999. The van der Waals surface area contributed by atoms with E-state index in [1.807, 2.05) is 13.8 Å². The third-order valence-electron chi connectivity index (χ3n) is 3.08. The molecule has 6 heteroatoms. The lowest BCUT2D eigenvalue weighted by molar-refractivity contribution is -0.175. The van der Waals surface area contributed by atoms with Crippen molar-refractivity contribution < 1.29 is 24.2 Å². The second-order valence-electron chi connectivity index (χ2n) is 5.52. The molecule has 1 amide bonds. The smallest absolute Gasteiger partial charge is 0.329 e. The predicted molar refractivity (Wildman–Crippen MR) is 64.3 cm³/mol. The van der Waals surface area contributed by atoms with Crippen LogP contribution in [0.5, 0.6) is 0 Å². The van der Waals surface area contributed by atoms with Crippen molar-refractivity contribution in [3.05, 3.63) is 0 Å². The topological polar surface area (TPSA) is 76.1 Å². The van der Waals surface area contributed by atoms with Crippen molar-refractivity contribution in [2.75, 3.05) is 26.8 Å². The summed E-state index contributed by atoms with van der Waals surface area (Å²) in [5, 5.41) is 8.53. The maximum atomic E-state index is 11.9. The van der Waals surface area contributed by atoms with E-state index < -0.39 is 17.2 Å². The average Bonchev–Trinajstić information content (AvgIpc) is 2.21. The Morgan fingerprint density at radius 1 is 1.39 bits per heavy atom. The Hall–Kier alpha value is -1.14. The van der Waals surface area contributed by atoms with Crippen molar-refractivity contribution in [2.45, 2.75) is 38.4 Å². The average molecular weight is 259 g/mol. The van der Waals surface area contributed by atoms with Crippen molar-refractivity contribution >= 4 is 11.9 Å². The SMILES string of the molecule is COC(C)(C)CC(=O)N1CC(C)(OCC(=O)O)C1. The van der Waals surface area contributed by atoms with Gasteiger partial charge in [-0.2, -0.15) is 0 Å². The molecule has 1 heterocycles. The summed E-state index contributed by atoms with van der Waals surface area (Å²) >= 11 is 0. The van der Waals surface area contributed by atoms with E-state index in [1.165, 1.54) is 0 Å². The summed E-state index contributed by atoms with van der Waals surface area (Å²) in [5.41, 5.74) is -1.02. The second kappa shape index (κ2) is 5.24. The Balaban J connectivity index is 2.37. The predicted octanol–water partition coefficient (Wildman–Crippen LogP) is 0.504. The molecule has 0 aromatic heterocycles. The number of ether oxygens (including phenoxy) is 2. The number of hydrogen-bond donors (Lipinski definition) is 1. The molecule has 1 saturated heterocycles. The molecule has 0 saturated carbocycles. The van der Waals surface area contributed by atoms with Gasteiger partial charge in [0.05, 0.1) is 25.1 Å². The van der Waals surface area contributed by atoms with Gasteiger partial charge in [-0.3, -0.25) is 4.79 Å². The standard InChI is InChI=1S/C12H21NO5/c1-11(2,17-4)5-9(14)13-7-12(3,8-13)18-6-10(15)16/h5-8H2,1-4H3,(H,15,16). The fraction of sp³-hybridized carbons (Fsp3) is 0.833. The first-order valence-electron chi connectivity index (χ1n) is 5.86. The third kappa shape index (κ3) is 3.96. The highest BCUT2D eigenvalue weighted by Gasteiger charge is 2.43. The van der Waals surface area contributed by atoms with Gasteiger partial charge in [0.2, 0.25) is 5.91 Å². The Kier molecular flexibility index (Phi) is 4.34. The first-order valence-corrected chi connectivity index (χ1v) is 5.86. The second-order valence-corrected chi connectivity index (χ2v) is 5.52. The number of carboxylic acid groups (broad SMARTS) is 1. The van der Waals surface area contributed by atoms with E-state index in [9.17, 15) is 9.59 Å². The summed E-state index contributed by atoms with van der Waals surface area (Å²) in [6.45, 7) is 6.04. The number of carboxylic acids is 1. The molecular formula is C12H21NO5. The Bertz CT molecular complexity index is 333. The van der Waals surface area contributed by atoms with Crippen LogP contribution < -0.4 is 0 Å². The van der Waals surface area contributed by atoms with Crippen LogP contribution in [0.25, 0.3) is 0 Å². The van der Waals surface area contributed by atoms with Crippen LogP contribution in [0.15, 0.2) is 0 Å². The first kappa shape index (κ1) is 14.9. The maximum Gasteiger partial charge on any atom is 0.329 e. The van der Waals surface area contributed by atoms with Gasteiger partial charge >= 0.3 is 5.97 Å². The van der Waals surface area contributed by atoms with Gasteiger partial charge < -0.3 is 19.5 Å². The molecule has 1 aliphatic heterocycles. The Labute approximate surface area is 107 Å². The van der Waals surface area contributed by atoms with E-state index >= 15 is 0 Å². The third-order valence-corrected chi connectivity index (χ3v) is 3.08. The number of carbonyl (C=O) groups excluding carboxylic acids is 1. The quantitative estimate of drug-likeness (QED) is 0.752. The van der Waals surface area contributed by atoms with Crippen LogP contribution in [-0.2, 0) is 19.1 Å².